The Hall–Kier alpha value is -2.47. The maximum absolute atomic E-state index is 14.1. The van der Waals surface area contributed by atoms with Crippen LogP contribution in [0.1, 0.15) is 12.5 Å². The van der Waals surface area contributed by atoms with E-state index in [1.165, 1.54) is 18.2 Å². The highest BCUT2D eigenvalue weighted by atomic mass is 35.5. The molecular weight excluding hydrogens is 313 g/mol. The molecule has 3 rings (SSSR count). The predicted octanol–water partition coefficient (Wildman–Crippen LogP) is 4.21. The number of nitrogens with one attached hydrogen (secondary N) is 1. The molecule has 2 aromatic rings. The molecule has 1 atom stereocenters. The minimum atomic E-state index is -1.41. The van der Waals surface area contributed by atoms with E-state index in [1.807, 2.05) is 0 Å². The summed E-state index contributed by atoms with van der Waals surface area (Å²) in [5, 5.41) is 11.3. The molecule has 0 aliphatic carbocycles. The molecule has 2 aromatic carbocycles. The number of carbonyl (C=O) groups is 1. The van der Waals surface area contributed by atoms with Gasteiger partial charge in [-0.05, 0) is 30.3 Å². The Bertz CT molecular complexity index is 767. The van der Waals surface area contributed by atoms with Crippen LogP contribution in [0.3, 0.4) is 0 Å². The average Bonchev–Trinajstić information content (AvgIpc) is 2.76. The van der Waals surface area contributed by atoms with Gasteiger partial charge < -0.3 is 14.6 Å². The molecule has 114 valence electrons. The molecule has 0 saturated carbocycles. The van der Waals surface area contributed by atoms with Crippen LogP contribution in [0.4, 0.5) is 14.9 Å². The van der Waals surface area contributed by atoms with Crippen LogP contribution < -0.4 is 14.8 Å². The first-order valence-electron chi connectivity index (χ1n) is 6.35. The number of amides is 1. The summed E-state index contributed by atoms with van der Waals surface area (Å²) in [7, 11) is 0. The zero-order valence-corrected chi connectivity index (χ0v) is 12.1. The fourth-order valence-electron chi connectivity index (χ4n) is 2.31. The molecule has 1 amide bonds. The van der Waals surface area contributed by atoms with Crippen molar-refractivity contribution in [2.45, 2.75) is 12.7 Å². The highest BCUT2D eigenvalue weighted by Gasteiger charge is 2.42. The second-order valence-electron chi connectivity index (χ2n) is 4.84. The van der Waals surface area contributed by atoms with E-state index in [9.17, 15) is 9.18 Å². The van der Waals surface area contributed by atoms with Crippen molar-refractivity contribution in [3.05, 3.63) is 52.8 Å². The lowest BCUT2D eigenvalue weighted by Crippen LogP contribution is -2.32. The van der Waals surface area contributed by atoms with Crippen molar-refractivity contribution < 1.29 is 23.8 Å². The van der Waals surface area contributed by atoms with Crippen molar-refractivity contribution in [1.82, 2.24) is 0 Å². The van der Waals surface area contributed by atoms with Gasteiger partial charge in [0, 0.05) is 11.9 Å². The molecular formula is C15H11ClFNO4. The van der Waals surface area contributed by atoms with E-state index in [4.69, 9.17) is 26.2 Å². The van der Waals surface area contributed by atoms with Crippen LogP contribution in [0.15, 0.2) is 36.4 Å². The third kappa shape index (κ3) is 2.42. The van der Waals surface area contributed by atoms with E-state index >= 15 is 0 Å². The Morgan fingerprint density at radius 2 is 2.09 bits per heavy atom. The van der Waals surface area contributed by atoms with Gasteiger partial charge in [0.15, 0.2) is 11.5 Å². The number of anilines is 1. The molecule has 0 radical (unpaired) electrons. The molecule has 1 aliphatic heterocycles. The average molecular weight is 324 g/mol. The van der Waals surface area contributed by atoms with Crippen molar-refractivity contribution in [2.24, 2.45) is 0 Å². The first-order chi connectivity index (χ1) is 10.4. The fraction of sp³-hybridized carbons (Fsp3) is 0.133. The van der Waals surface area contributed by atoms with Gasteiger partial charge in [0.05, 0.1) is 11.3 Å². The molecule has 1 unspecified atom stereocenters. The van der Waals surface area contributed by atoms with Crippen LogP contribution in [0.25, 0.3) is 0 Å². The Morgan fingerprint density at radius 3 is 2.77 bits per heavy atom. The highest BCUT2D eigenvalue weighted by molar-refractivity contribution is 6.30. The van der Waals surface area contributed by atoms with Crippen LogP contribution in [0.5, 0.6) is 11.5 Å². The first-order valence-corrected chi connectivity index (χ1v) is 6.73. The van der Waals surface area contributed by atoms with Gasteiger partial charge >= 0.3 is 6.09 Å². The summed E-state index contributed by atoms with van der Waals surface area (Å²) in [5.74, 6) is -1.45. The molecule has 0 fully saturated rings. The largest absolute Gasteiger partial charge is 0.465 e. The second kappa shape index (κ2) is 5.06. The van der Waals surface area contributed by atoms with Crippen molar-refractivity contribution in [1.29, 1.82) is 0 Å². The molecule has 22 heavy (non-hydrogen) atoms. The number of para-hydroxylation sites is 1. The third-order valence-electron chi connectivity index (χ3n) is 3.24. The standard InChI is InChI=1S/C15H11ClFNO4/c1-15(9-6-5-8(16)7-10(9)17)21-12-4-2-3-11(13(12)22-15)18-14(19)20/h2-7,18H,1H3,(H,19,20). The number of fused-ring (bicyclic) bond motifs is 1. The zero-order valence-electron chi connectivity index (χ0n) is 11.4. The summed E-state index contributed by atoms with van der Waals surface area (Å²) in [6, 6.07) is 8.90. The Labute approximate surface area is 130 Å². The highest BCUT2D eigenvalue weighted by Crippen LogP contribution is 2.48. The molecule has 7 heteroatoms. The predicted molar refractivity (Wildman–Crippen MR) is 78.1 cm³/mol. The van der Waals surface area contributed by atoms with Gasteiger partial charge in [-0.2, -0.15) is 0 Å². The molecule has 0 spiro atoms. The monoisotopic (exact) mass is 323 g/mol. The number of ether oxygens (including phenoxy) is 2. The summed E-state index contributed by atoms with van der Waals surface area (Å²) in [6.07, 6.45) is -1.23. The van der Waals surface area contributed by atoms with Crippen LogP contribution in [0, 0.1) is 5.82 Å². The minimum Gasteiger partial charge on any atom is -0.465 e. The second-order valence-corrected chi connectivity index (χ2v) is 5.27. The molecule has 1 heterocycles. The molecule has 5 nitrogen and oxygen atoms in total. The summed E-state index contributed by atoms with van der Waals surface area (Å²) in [6.45, 7) is 1.55. The molecule has 2 N–H and O–H groups in total. The van der Waals surface area contributed by atoms with E-state index in [0.29, 0.717) is 5.75 Å². The smallest absolute Gasteiger partial charge is 0.409 e. The number of rotatable bonds is 2. The number of hydrogen-bond acceptors (Lipinski definition) is 3. The maximum atomic E-state index is 14.1. The van der Waals surface area contributed by atoms with Crippen LogP contribution in [-0.2, 0) is 5.79 Å². The lowest BCUT2D eigenvalue weighted by molar-refractivity contribution is -0.0704. The maximum Gasteiger partial charge on any atom is 0.409 e. The number of halogens is 2. The molecule has 1 aliphatic rings. The number of hydrogen-bond donors (Lipinski definition) is 2. The van der Waals surface area contributed by atoms with Gasteiger partial charge in [0.1, 0.15) is 5.82 Å². The van der Waals surface area contributed by atoms with Gasteiger partial charge in [0.2, 0.25) is 0 Å². The SMILES string of the molecule is CC1(c2ccc(Cl)cc2F)Oc2cccc(NC(=O)O)c2O1. The van der Waals surface area contributed by atoms with Crippen LogP contribution in [-0.4, -0.2) is 11.2 Å². The van der Waals surface area contributed by atoms with Crippen molar-refractivity contribution >= 4 is 23.4 Å². The normalized spacial score (nSPS) is 19.0. The zero-order chi connectivity index (χ0) is 15.9. The fourth-order valence-corrected chi connectivity index (χ4v) is 2.47. The molecule has 0 saturated heterocycles. The van der Waals surface area contributed by atoms with E-state index in [-0.39, 0.29) is 22.0 Å². The lowest BCUT2D eigenvalue weighted by Gasteiger charge is -2.24. The van der Waals surface area contributed by atoms with Crippen molar-refractivity contribution in [3.8, 4) is 11.5 Å². The van der Waals surface area contributed by atoms with E-state index in [0.717, 1.165) is 6.07 Å². The number of carboxylic acid groups (broad SMARTS) is 1. The molecule has 0 bridgehead atoms. The summed E-state index contributed by atoms with van der Waals surface area (Å²) < 4.78 is 25.5. The Kier molecular flexibility index (Phi) is 3.33. The minimum absolute atomic E-state index is 0.161. The first kappa shape index (κ1) is 14.5. The van der Waals surface area contributed by atoms with Gasteiger partial charge in [-0.25, -0.2) is 9.18 Å². The molecule has 0 aromatic heterocycles. The lowest BCUT2D eigenvalue weighted by atomic mass is 10.1. The summed E-state index contributed by atoms with van der Waals surface area (Å²) in [4.78, 5) is 10.8. The number of benzene rings is 2. The van der Waals surface area contributed by atoms with Crippen LogP contribution >= 0.6 is 11.6 Å². The van der Waals surface area contributed by atoms with E-state index in [2.05, 4.69) is 5.32 Å². The topological polar surface area (TPSA) is 67.8 Å². The Balaban J connectivity index is 2.01. The van der Waals surface area contributed by atoms with E-state index in [1.54, 1.807) is 19.1 Å². The van der Waals surface area contributed by atoms with E-state index < -0.39 is 17.7 Å². The Morgan fingerprint density at radius 1 is 1.32 bits per heavy atom. The van der Waals surface area contributed by atoms with Gasteiger partial charge in [0.25, 0.3) is 5.79 Å². The van der Waals surface area contributed by atoms with Crippen LogP contribution in [0.2, 0.25) is 5.02 Å². The van der Waals surface area contributed by atoms with Gasteiger partial charge in [-0.15, -0.1) is 0 Å². The van der Waals surface area contributed by atoms with Crippen molar-refractivity contribution in [2.75, 3.05) is 5.32 Å². The summed E-state index contributed by atoms with van der Waals surface area (Å²) >= 11 is 5.74. The summed E-state index contributed by atoms with van der Waals surface area (Å²) in [5.41, 5.74) is 0.387. The van der Waals surface area contributed by atoms with Gasteiger partial charge in [-0.3, -0.25) is 5.32 Å². The van der Waals surface area contributed by atoms with Crippen molar-refractivity contribution in [3.63, 3.8) is 0 Å². The quantitative estimate of drug-likeness (QED) is 0.868. The van der Waals surface area contributed by atoms with Gasteiger partial charge in [-0.1, -0.05) is 17.7 Å². The third-order valence-corrected chi connectivity index (χ3v) is 3.48.